The summed E-state index contributed by atoms with van der Waals surface area (Å²) >= 11 is 0. The van der Waals surface area contributed by atoms with Gasteiger partial charge in [-0.15, -0.1) is 0 Å². The molecule has 0 aliphatic heterocycles. The number of hydrogen-bond acceptors (Lipinski definition) is 4. The van der Waals surface area contributed by atoms with Crippen LogP contribution in [0.5, 0.6) is 0 Å². The van der Waals surface area contributed by atoms with E-state index in [4.69, 9.17) is 4.98 Å². The van der Waals surface area contributed by atoms with Gasteiger partial charge in [0.15, 0.2) is 0 Å². The lowest BCUT2D eigenvalue weighted by Gasteiger charge is -2.37. The van der Waals surface area contributed by atoms with Crippen LogP contribution >= 0.6 is 0 Å². The van der Waals surface area contributed by atoms with Crippen LogP contribution in [-0.4, -0.2) is 29.1 Å². The second-order valence-corrected chi connectivity index (χ2v) is 6.57. The first kappa shape index (κ1) is 13.8. The standard InChI is InChI=1S/C16H26N4/c1-11(2)16-18-10-15(20(3)13-5-4-6-13)14(19-16)9-17-12-7-8-12/h10-13,17H,4-9H2,1-3H3. The minimum absolute atomic E-state index is 0.387. The predicted octanol–water partition coefficient (Wildman–Crippen LogP) is 2.84. The molecule has 20 heavy (non-hydrogen) atoms. The summed E-state index contributed by atoms with van der Waals surface area (Å²) in [4.78, 5) is 11.8. The van der Waals surface area contributed by atoms with Crippen LogP contribution in [0.2, 0.25) is 0 Å². The van der Waals surface area contributed by atoms with E-state index >= 15 is 0 Å². The zero-order valence-electron chi connectivity index (χ0n) is 12.9. The van der Waals surface area contributed by atoms with Crippen LogP contribution < -0.4 is 10.2 Å². The Balaban J connectivity index is 1.81. The number of nitrogens with one attached hydrogen (secondary N) is 1. The van der Waals surface area contributed by atoms with Crippen molar-refractivity contribution in [2.75, 3.05) is 11.9 Å². The lowest BCUT2D eigenvalue weighted by Crippen LogP contribution is -2.38. The van der Waals surface area contributed by atoms with Crippen molar-refractivity contribution in [3.05, 3.63) is 17.7 Å². The van der Waals surface area contributed by atoms with Gasteiger partial charge in [-0.1, -0.05) is 13.8 Å². The quantitative estimate of drug-likeness (QED) is 0.866. The maximum absolute atomic E-state index is 4.82. The van der Waals surface area contributed by atoms with Gasteiger partial charge in [0.2, 0.25) is 0 Å². The molecular weight excluding hydrogens is 248 g/mol. The highest BCUT2D eigenvalue weighted by molar-refractivity contribution is 5.50. The maximum Gasteiger partial charge on any atom is 0.131 e. The Morgan fingerprint density at radius 1 is 1.30 bits per heavy atom. The van der Waals surface area contributed by atoms with Crippen LogP contribution in [0.25, 0.3) is 0 Å². The molecule has 0 amide bonds. The summed E-state index contributed by atoms with van der Waals surface area (Å²) in [6.45, 7) is 5.19. The van der Waals surface area contributed by atoms with Crippen LogP contribution in [0.3, 0.4) is 0 Å². The number of aromatic nitrogens is 2. The van der Waals surface area contributed by atoms with Gasteiger partial charge in [0.25, 0.3) is 0 Å². The van der Waals surface area contributed by atoms with Gasteiger partial charge in [0.05, 0.1) is 17.6 Å². The summed E-state index contributed by atoms with van der Waals surface area (Å²) < 4.78 is 0. The lowest BCUT2D eigenvalue weighted by atomic mass is 9.91. The first-order valence-corrected chi connectivity index (χ1v) is 7.97. The molecule has 1 N–H and O–H groups in total. The van der Waals surface area contributed by atoms with E-state index in [-0.39, 0.29) is 0 Å². The van der Waals surface area contributed by atoms with Gasteiger partial charge in [-0.05, 0) is 32.1 Å². The largest absolute Gasteiger partial charge is 0.369 e. The SMILES string of the molecule is CC(C)c1ncc(N(C)C2CCC2)c(CNC2CC2)n1. The molecule has 2 fully saturated rings. The molecule has 2 aliphatic rings. The van der Waals surface area contributed by atoms with E-state index in [0.717, 1.165) is 12.4 Å². The number of nitrogens with zero attached hydrogens (tertiary/aromatic N) is 3. The van der Waals surface area contributed by atoms with E-state index in [0.29, 0.717) is 18.0 Å². The molecule has 4 heteroatoms. The van der Waals surface area contributed by atoms with Crippen LogP contribution in [0, 0.1) is 0 Å². The minimum Gasteiger partial charge on any atom is -0.369 e. The summed E-state index contributed by atoms with van der Waals surface area (Å²) in [5.74, 6) is 1.35. The third kappa shape index (κ3) is 2.95. The molecule has 2 aliphatic carbocycles. The molecule has 0 radical (unpaired) electrons. The van der Waals surface area contributed by atoms with Gasteiger partial charge in [0.1, 0.15) is 5.82 Å². The van der Waals surface area contributed by atoms with Gasteiger partial charge >= 0.3 is 0 Å². The minimum atomic E-state index is 0.387. The van der Waals surface area contributed by atoms with Crippen molar-refractivity contribution >= 4 is 5.69 Å². The van der Waals surface area contributed by atoms with Gasteiger partial charge in [-0.2, -0.15) is 0 Å². The Hall–Kier alpha value is -1.16. The Morgan fingerprint density at radius 3 is 2.60 bits per heavy atom. The molecule has 2 saturated carbocycles. The molecular formula is C16H26N4. The Kier molecular flexibility index (Phi) is 3.92. The van der Waals surface area contributed by atoms with Gasteiger partial charge in [-0.25, -0.2) is 9.97 Å². The van der Waals surface area contributed by atoms with E-state index in [2.05, 4.69) is 36.1 Å². The second kappa shape index (κ2) is 5.68. The molecule has 0 aromatic carbocycles. The van der Waals surface area contributed by atoms with Crippen molar-refractivity contribution in [3.63, 3.8) is 0 Å². The molecule has 1 heterocycles. The number of anilines is 1. The fraction of sp³-hybridized carbons (Fsp3) is 0.750. The highest BCUT2D eigenvalue weighted by atomic mass is 15.2. The molecule has 0 atom stereocenters. The lowest BCUT2D eigenvalue weighted by molar-refractivity contribution is 0.399. The summed E-state index contributed by atoms with van der Waals surface area (Å²) in [5, 5.41) is 3.59. The highest BCUT2D eigenvalue weighted by Gasteiger charge is 2.26. The van der Waals surface area contributed by atoms with Crippen molar-refractivity contribution in [1.29, 1.82) is 0 Å². The van der Waals surface area contributed by atoms with Crippen molar-refractivity contribution < 1.29 is 0 Å². The summed E-state index contributed by atoms with van der Waals surface area (Å²) in [6, 6.07) is 1.40. The normalized spacial score (nSPS) is 19.2. The Bertz CT molecular complexity index is 464. The van der Waals surface area contributed by atoms with Crippen molar-refractivity contribution in [1.82, 2.24) is 15.3 Å². The van der Waals surface area contributed by atoms with Crippen molar-refractivity contribution in [2.24, 2.45) is 0 Å². The third-order valence-corrected chi connectivity index (χ3v) is 4.52. The molecule has 4 nitrogen and oxygen atoms in total. The number of hydrogen-bond donors (Lipinski definition) is 1. The van der Waals surface area contributed by atoms with Crippen molar-refractivity contribution in [3.8, 4) is 0 Å². The first-order valence-electron chi connectivity index (χ1n) is 7.97. The van der Waals surface area contributed by atoms with Crippen LogP contribution in [0.1, 0.15) is 63.4 Å². The summed E-state index contributed by atoms with van der Waals surface area (Å²) in [6.07, 6.45) is 8.63. The van der Waals surface area contributed by atoms with E-state index in [1.165, 1.54) is 43.5 Å². The van der Waals surface area contributed by atoms with Gasteiger partial charge in [0, 0.05) is 31.6 Å². The summed E-state index contributed by atoms with van der Waals surface area (Å²) in [7, 11) is 2.19. The predicted molar refractivity (Wildman–Crippen MR) is 82.0 cm³/mol. The van der Waals surface area contributed by atoms with Gasteiger partial charge in [-0.3, -0.25) is 0 Å². The fourth-order valence-corrected chi connectivity index (χ4v) is 2.63. The smallest absolute Gasteiger partial charge is 0.131 e. The van der Waals surface area contributed by atoms with E-state index in [9.17, 15) is 0 Å². The molecule has 0 unspecified atom stereocenters. The summed E-state index contributed by atoms with van der Waals surface area (Å²) in [5.41, 5.74) is 2.39. The highest BCUT2D eigenvalue weighted by Crippen LogP contribution is 2.30. The van der Waals surface area contributed by atoms with E-state index in [1.54, 1.807) is 0 Å². The maximum atomic E-state index is 4.82. The molecule has 1 aromatic rings. The van der Waals surface area contributed by atoms with Crippen LogP contribution in [-0.2, 0) is 6.54 Å². The molecule has 1 aromatic heterocycles. The van der Waals surface area contributed by atoms with E-state index < -0.39 is 0 Å². The Morgan fingerprint density at radius 2 is 2.05 bits per heavy atom. The average Bonchev–Trinajstić information content (AvgIpc) is 3.17. The zero-order chi connectivity index (χ0) is 14.1. The average molecular weight is 274 g/mol. The first-order chi connectivity index (χ1) is 9.65. The van der Waals surface area contributed by atoms with E-state index in [1.807, 2.05) is 6.20 Å². The molecule has 0 bridgehead atoms. The van der Waals surface area contributed by atoms with Crippen LogP contribution in [0.15, 0.2) is 6.20 Å². The monoisotopic (exact) mass is 274 g/mol. The topological polar surface area (TPSA) is 41.1 Å². The molecule has 0 spiro atoms. The van der Waals surface area contributed by atoms with Crippen LogP contribution in [0.4, 0.5) is 5.69 Å². The van der Waals surface area contributed by atoms with Gasteiger partial charge < -0.3 is 10.2 Å². The second-order valence-electron chi connectivity index (χ2n) is 6.57. The van der Waals surface area contributed by atoms with Crippen molar-refractivity contribution in [2.45, 2.75) is 70.5 Å². The zero-order valence-corrected chi connectivity index (χ0v) is 12.9. The molecule has 0 saturated heterocycles. The Labute approximate surface area is 122 Å². The molecule has 110 valence electrons. The third-order valence-electron chi connectivity index (χ3n) is 4.52. The molecule has 3 rings (SSSR count). The number of rotatable bonds is 6. The fourth-order valence-electron chi connectivity index (χ4n) is 2.63.